The van der Waals surface area contributed by atoms with E-state index in [1.54, 1.807) is 13.8 Å². The van der Waals surface area contributed by atoms with Crippen molar-refractivity contribution in [3.63, 3.8) is 0 Å². The van der Waals surface area contributed by atoms with Gasteiger partial charge in [0.15, 0.2) is 23.0 Å². The first kappa shape index (κ1) is 27.4. The zero-order valence-electron chi connectivity index (χ0n) is 23.2. The summed E-state index contributed by atoms with van der Waals surface area (Å²) in [6.07, 6.45) is 4.50. The molecule has 1 fully saturated rings. The van der Waals surface area contributed by atoms with Gasteiger partial charge >= 0.3 is 0 Å². The van der Waals surface area contributed by atoms with Crippen molar-refractivity contribution in [2.45, 2.75) is 92.6 Å². The van der Waals surface area contributed by atoms with E-state index in [1.165, 1.54) is 13.0 Å². The van der Waals surface area contributed by atoms with Gasteiger partial charge in [0.2, 0.25) is 5.78 Å². The lowest BCUT2D eigenvalue weighted by Gasteiger charge is -2.62. The minimum Gasteiger partial charge on any atom is -0.507 e. The predicted molar refractivity (Wildman–Crippen MR) is 140 cm³/mol. The van der Waals surface area contributed by atoms with E-state index in [-0.39, 0.29) is 29.2 Å². The van der Waals surface area contributed by atoms with Crippen LogP contribution >= 0.6 is 0 Å². The van der Waals surface area contributed by atoms with Gasteiger partial charge in [-0.05, 0) is 74.0 Å². The first-order valence-corrected chi connectivity index (χ1v) is 13.6. The third kappa shape index (κ3) is 3.62. The third-order valence-corrected chi connectivity index (χ3v) is 9.56. The lowest BCUT2D eigenvalue weighted by molar-refractivity contribution is -0.192. The van der Waals surface area contributed by atoms with E-state index in [9.17, 15) is 29.4 Å². The number of rotatable bonds is 6. The molecule has 1 unspecified atom stereocenters. The Kier molecular flexibility index (Phi) is 6.68. The maximum atomic E-state index is 14.3. The number of aromatic hydroxyl groups is 1. The Morgan fingerprint density at radius 1 is 1.14 bits per heavy atom. The topological polar surface area (TPSA) is 109 Å². The fourth-order valence-corrected chi connectivity index (χ4v) is 8.35. The molecule has 0 saturated heterocycles. The number of allylic oxidation sites excluding steroid dienone is 1. The predicted octanol–water partition coefficient (Wildman–Crippen LogP) is 4.96. The molecule has 0 spiro atoms. The highest BCUT2D eigenvalue weighted by atomic mass is 16.3. The Hall–Kier alpha value is -2.60. The molecule has 0 bridgehead atoms. The van der Waals surface area contributed by atoms with Crippen molar-refractivity contribution in [2.75, 3.05) is 0 Å². The number of hydrogen-bond donors (Lipinski definition) is 2. The van der Waals surface area contributed by atoms with Crippen LogP contribution in [0, 0.1) is 28.6 Å². The van der Waals surface area contributed by atoms with E-state index >= 15 is 0 Å². The van der Waals surface area contributed by atoms with Gasteiger partial charge in [0.1, 0.15) is 5.75 Å². The van der Waals surface area contributed by atoms with Crippen molar-refractivity contribution in [2.24, 2.45) is 28.6 Å². The summed E-state index contributed by atoms with van der Waals surface area (Å²) in [7, 11) is 0. The molecular weight excluding hydrogens is 468 g/mol. The Bertz CT molecular complexity index is 1240. The largest absolute Gasteiger partial charge is 0.507 e. The summed E-state index contributed by atoms with van der Waals surface area (Å²) in [5.74, 6) is -4.67. The first-order chi connectivity index (χ1) is 17.2. The maximum absolute atomic E-state index is 14.3. The van der Waals surface area contributed by atoms with Crippen molar-refractivity contribution < 1.29 is 29.4 Å². The van der Waals surface area contributed by atoms with Crippen LogP contribution in [0.4, 0.5) is 0 Å². The molecule has 0 aromatic heterocycles. The molecule has 1 aromatic carbocycles. The van der Waals surface area contributed by atoms with Gasteiger partial charge in [-0.1, -0.05) is 59.1 Å². The minimum atomic E-state index is -2.49. The number of carbonyl (C=O) groups is 4. The van der Waals surface area contributed by atoms with Gasteiger partial charge in [0.05, 0.1) is 17.1 Å². The Labute approximate surface area is 219 Å². The van der Waals surface area contributed by atoms with Crippen molar-refractivity contribution in [1.82, 2.24) is 0 Å². The normalized spacial score (nSPS) is 33.4. The van der Waals surface area contributed by atoms with Crippen molar-refractivity contribution in [3.05, 3.63) is 40.0 Å². The van der Waals surface area contributed by atoms with Gasteiger partial charge in [-0.2, -0.15) is 0 Å². The number of Topliss-reactive ketones (excluding diaryl/α,β-unsaturated/α-hetero) is 4. The van der Waals surface area contributed by atoms with Crippen molar-refractivity contribution in [1.29, 1.82) is 0 Å². The van der Waals surface area contributed by atoms with Gasteiger partial charge in [-0.3, -0.25) is 19.2 Å². The van der Waals surface area contributed by atoms with E-state index in [2.05, 4.69) is 6.92 Å². The standard InChI is InChI=1S/C31H40O6/c1-8-9-10-11-19-12-13-21(33)23-20(19)14-29(6)15-30(7)24(16(2)3)17(4)22(18(5)32)27(35)31(30,37)28(36)25(29)26(23)34/h12-13,16,24-25,33,37H,8-11,14-15H2,1-7H3/t24-,25?,29+,30+,31-/m1/s1. The number of phenols is 1. The second kappa shape index (κ2) is 9.00. The molecule has 6 heteroatoms. The zero-order valence-corrected chi connectivity index (χ0v) is 23.2. The Morgan fingerprint density at radius 3 is 2.35 bits per heavy atom. The molecule has 1 saturated carbocycles. The van der Waals surface area contributed by atoms with Crippen LogP contribution in [0.3, 0.4) is 0 Å². The molecule has 3 aliphatic rings. The molecule has 4 rings (SSSR count). The summed E-state index contributed by atoms with van der Waals surface area (Å²) in [5.41, 5.74) is -2.13. The summed E-state index contributed by atoms with van der Waals surface area (Å²) in [6, 6.07) is 3.38. The van der Waals surface area contributed by atoms with E-state index in [0.29, 0.717) is 12.0 Å². The molecule has 0 aliphatic heterocycles. The van der Waals surface area contributed by atoms with Crippen LogP contribution in [0.15, 0.2) is 23.3 Å². The quantitative estimate of drug-likeness (QED) is 0.320. The maximum Gasteiger partial charge on any atom is 0.206 e. The molecule has 2 N–H and O–H groups in total. The highest BCUT2D eigenvalue weighted by Gasteiger charge is 2.73. The van der Waals surface area contributed by atoms with Crippen molar-refractivity contribution >= 4 is 23.1 Å². The zero-order chi connectivity index (χ0) is 27.7. The van der Waals surface area contributed by atoms with Crippen molar-refractivity contribution in [3.8, 4) is 5.75 Å². The lowest BCUT2D eigenvalue weighted by atomic mass is 9.40. The molecule has 3 aliphatic carbocycles. The van der Waals surface area contributed by atoms with Gasteiger partial charge < -0.3 is 10.2 Å². The van der Waals surface area contributed by atoms with Crippen LogP contribution in [0.5, 0.6) is 5.75 Å². The van der Waals surface area contributed by atoms with E-state index in [4.69, 9.17) is 0 Å². The average molecular weight is 509 g/mol. The fourth-order valence-electron chi connectivity index (χ4n) is 8.35. The average Bonchev–Trinajstić information content (AvgIpc) is 2.77. The number of benzene rings is 1. The number of phenolic OH excluding ortho intramolecular Hbond substituents is 1. The minimum absolute atomic E-state index is 0.0628. The molecule has 6 nitrogen and oxygen atoms in total. The molecule has 0 heterocycles. The highest BCUT2D eigenvalue weighted by Crippen LogP contribution is 2.64. The molecule has 0 radical (unpaired) electrons. The first-order valence-electron chi connectivity index (χ1n) is 13.6. The van der Waals surface area contributed by atoms with Crippen LogP contribution in [0.1, 0.15) is 95.6 Å². The summed E-state index contributed by atoms with van der Waals surface area (Å²) in [4.78, 5) is 54.7. The van der Waals surface area contributed by atoms with E-state index < -0.39 is 51.4 Å². The number of hydrogen-bond acceptors (Lipinski definition) is 6. The highest BCUT2D eigenvalue weighted by molar-refractivity contribution is 6.33. The molecular formula is C31H40O6. The van der Waals surface area contributed by atoms with Gasteiger partial charge in [0.25, 0.3) is 0 Å². The van der Waals surface area contributed by atoms with Crippen LogP contribution in [-0.4, -0.2) is 38.9 Å². The van der Waals surface area contributed by atoms with E-state index in [1.807, 2.05) is 26.8 Å². The smallest absolute Gasteiger partial charge is 0.206 e. The molecule has 1 aromatic rings. The summed E-state index contributed by atoms with van der Waals surface area (Å²) in [6.45, 7) is 12.8. The number of aryl methyl sites for hydroxylation is 1. The number of unbranched alkanes of at least 4 members (excludes halogenated alkanes) is 2. The summed E-state index contributed by atoms with van der Waals surface area (Å²) in [5, 5.41) is 22.9. The molecule has 37 heavy (non-hydrogen) atoms. The molecule has 200 valence electrons. The summed E-state index contributed by atoms with van der Waals surface area (Å²) >= 11 is 0. The fraction of sp³-hybridized carbons (Fsp3) is 0.613. The number of fused-ring (bicyclic) bond motifs is 3. The van der Waals surface area contributed by atoms with Gasteiger partial charge in [-0.15, -0.1) is 0 Å². The second-order valence-electron chi connectivity index (χ2n) is 12.5. The van der Waals surface area contributed by atoms with Gasteiger partial charge in [-0.25, -0.2) is 0 Å². The lowest BCUT2D eigenvalue weighted by Crippen LogP contribution is -2.73. The molecule has 0 amide bonds. The SMILES string of the molecule is CCCCCc1ccc(O)c2c1C[C@@]1(C)C[C@@]3(C)[C@H](C(C)C)C(C)=C(C(C)=O)C(=O)[C@@]3(O)C(=O)C1C2=O. The number of carbonyl (C=O) groups excluding carboxylic acids is 4. The Balaban J connectivity index is 1.94. The molecule has 5 atom stereocenters. The van der Waals surface area contributed by atoms with Crippen LogP contribution in [0.25, 0.3) is 0 Å². The van der Waals surface area contributed by atoms with Gasteiger partial charge in [0, 0.05) is 5.41 Å². The van der Waals surface area contributed by atoms with Crippen LogP contribution in [0.2, 0.25) is 0 Å². The number of aliphatic hydroxyl groups is 1. The number of ketones is 4. The van der Waals surface area contributed by atoms with Crippen LogP contribution in [-0.2, 0) is 27.2 Å². The van der Waals surface area contributed by atoms with Crippen LogP contribution < -0.4 is 0 Å². The monoisotopic (exact) mass is 508 g/mol. The second-order valence-corrected chi connectivity index (χ2v) is 12.5. The summed E-state index contributed by atoms with van der Waals surface area (Å²) < 4.78 is 0. The van der Waals surface area contributed by atoms with E-state index in [0.717, 1.165) is 36.8 Å². The Morgan fingerprint density at radius 2 is 1.78 bits per heavy atom. The third-order valence-electron chi connectivity index (χ3n) is 9.56.